The highest BCUT2D eigenvalue weighted by atomic mass is 19.1. The Bertz CT molecular complexity index is 473. The fourth-order valence-corrected chi connectivity index (χ4v) is 1.87. The fraction of sp³-hybridized carbons (Fsp3) is 0.533. The topological polar surface area (TPSA) is 41.1 Å². The van der Waals surface area contributed by atoms with Gasteiger partial charge in [-0.25, -0.2) is 8.78 Å². The zero-order valence-corrected chi connectivity index (χ0v) is 12.4. The molecule has 1 aromatic carbocycles. The minimum absolute atomic E-state index is 0.000275. The van der Waals surface area contributed by atoms with Crippen molar-refractivity contribution in [1.82, 2.24) is 5.32 Å². The van der Waals surface area contributed by atoms with E-state index in [1.807, 2.05) is 13.8 Å². The molecule has 1 unspecified atom stereocenters. The number of anilines is 1. The maximum atomic E-state index is 13.7. The van der Waals surface area contributed by atoms with Crippen molar-refractivity contribution < 1.29 is 13.6 Å². The lowest BCUT2D eigenvalue weighted by Crippen LogP contribution is -2.43. The summed E-state index contributed by atoms with van der Waals surface area (Å²) in [4.78, 5) is 11.9. The van der Waals surface area contributed by atoms with Crippen LogP contribution in [0.2, 0.25) is 0 Å². The number of hydrogen-bond donors (Lipinski definition) is 2. The van der Waals surface area contributed by atoms with Gasteiger partial charge in [0.05, 0.1) is 5.69 Å². The molecule has 112 valence electrons. The minimum atomic E-state index is -0.632. The predicted molar refractivity (Wildman–Crippen MR) is 76.7 cm³/mol. The van der Waals surface area contributed by atoms with Crippen molar-refractivity contribution in [2.75, 3.05) is 5.32 Å². The highest BCUT2D eigenvalue weighted by Crippen LogP contribution is 2.19. The van der Waals surface area contributed by atoms with E-state index in [1.54, 1.807) is 6.92 Å². The maximum Gasteiger partial charge on any atom is 0.242 e. The van der Waals surface area contributed by atoms with Gasteiger partial charge >= 0.3 is 0 Å². The maximum absolute atomic E-state index is 13.7. The van der Waals surface area contributed by atoms with Crippen molar-refractivity contribution in [3.63, 3.8) is 0 Å². The van der Waals surface area contributed by atoms with Gasteiger partial charge in [-0.05, 0) is 38.3 Å². The second kappa shape index (κ2) is 7.22. The van der Waals surface area contributed by atoms with Crippen LogP contribution in [0.25, 0.3) is 0 Å². The molecule has 1 aromatic rings. The normalized spacial score (nSPS) is 12.3. The van der Waals surface area contributed by atoms with Crippen LogP contribution in [0.5, 0.6) is 0 Å². The lowest BCUT2D eigenvalue weighted by Gasteiger charge is -2.20. The molecule has 0 fully saturated rings. The van der Waals surface area contributed by atoms with E-state index in [4.69, 9.17) is 0 Å². The van der Waals surface area contributed by atoms with Gasteiger partial charge in [0.25, 0.3) is 0 Å². The van der Waals surface area contributed by atoms with Gasteiger partial charge in [0, 0.05) is 12.1 Å². The van der Waals surface area contributed by atoms with Crippen LogP contribution in [0, 0.1) is 18.6 Å². The van der Waals surface area contributed by atoms with Crippen molar-refractivity contribution >= 4 is 11.6 Å². The molecule has 3 nitrogen and oxygen atoms in total. The molecule has 0 bridgehead atoms. The highest BCUT2D eigenvalue weighted by Gasteiger charge is 2.17. The SMILES string of the molecule is CCC(CC)NC(=O)C(C)Nc1cc(F)c(C)cc1F. The van der Waals surface area contributed by atoms with Crippen molar-refractivity contribution in [2.24, 2.45) is 0 Å². The Balaban J connectivity index is 2.73. The van der Waals surface area contributed by atoms with E-state index < -0.39 is 17.7 Å². The Morgan fingerprint density at radius 2 is 1.80 bits per heavy atom. The third-order valence-electron chi connectivity index (χ3n) is 3.35. The molecule has 20 heavy (non-hydrogen) atoms. The van der Waals surface area contributed by atoms with E-state index in [9.17, 15) is 13.6 Å². The van der Waals surface area contributed by atoms with Gasteiger partial charge in [0.1, 0.15) is 17.7 Å². The first-order valence-electron chi connectivity index (χ1n) is 6.91. The van der Waals surface area contributed by atoms with Crippen LogP contribution in [0.15, 0.2) is 12.1 Å². The molecule has 0 heterocycles. The number of carbonyl (C=O) groups excluding carboxylic acids is 1. The minimum Gasteiger partial charge on any atom is -0.371 e. The lowest BCUT2D eigenvalue weighted by molar-refractivity contribution is -0.122. The average molecular weight is 284 g/mol. The number of rotatable bonds is 6. The number of carbonyl (C=O) groups is 1. The van der Waals surface area contributed by atoms with Crippen LogP contribution < -0.4 is 10.6 Å². The Morgan fingerprint density at radius 1 is 1.20 bits per heavy atom. The van der Waals surface area contributed by atoms with Crippen LogP contribution in [-0.4, -0.2) is 18.0 Å². The zero-order valence-electron chi connectivity index (χ0n) is 12.4. The van der Waals surface area contributed by atoms with Gasteiger partial charge in [-0.3, -0.25) is 4.79 Å². The van der Waals surface area contributed by atoms with E-state index in [1.165, 1.54) is 6.92 Å². The van der Waals surface area contributed by atoms with E-state index in [-0.39, 0.29) is 23.2 Å². The fourth-order valence-electron chi connectivity index (χ4n) is 1.87. The monoisotopic (exact) mass is 284 g/mol. The van der Waals surface area contributed by atoms with Gasteiger partial charge in [0.15, 0.2) is 0 Å². The quantitative estimate of drug-likeness (QED) is 0.841. The zero-order chi connectivity index (χ0) is 15.3. The first kappa shape index (κ1) is 16.4. The summed E-state index contributed by atoms with van der Waals surface area (Å²) in [7, 11) is 0. The van der Waals surface area contributed by atoms with Crippen molar-refractivity contribution in [3.8, 4) is 0 Å². The Labute approximate surface area is 118 Å². The number of benzene rings is 1. The van der Waals surface area contributed by atoms with Gasteiger partial charge in [-0.15, -0.1) is 0 Å². The summed E-state index contributed by atoms with van der Waals surface area (Å²) in [6.45, 7) is 7.09. The summed E-state index contributed by atoms with van der Waals surface area (Å²) >= 11 is 0. The first-order chi connectivity index (χ1) is 9.38. The molecule has 0 saturated carbocycles. The van der Waals surface area contributed by atoms with Crippen molar-refractivity contribution in [1.29, 1.82) is 0 Å². The van der Waals surface area contributed by atoms with Gasteiger partial charge in [-0.1, -0.05) is 13.8 Å². The number of amides is 1. The number of aryl methyl sites for hydroxylation is 1. The van der Waals surface area contributed by atoms with Crippen molar-refractivity contribution in [2.45, 2.75) is 52.6 Å². The summed E-state index contributed by atoms with van der Waals surface area (Å²) < 4.78 is 27.1. The molecule has 5 heteroatoms. The van der Waals surface area contributed by atoms with E-state index in [0.29, 0.717) is 0 Å². The molecule has 0 aliphatic heterocycles. The van der Waals surface area contributed by atoms with Crippen LogP contribution in [0.1, 0.15) is 39.2 Å². The van der Waals surface area contributed by atoms with E-state index in [2.05, 4.69) is 10.6 Å². The molecule has 0 saturated heterocycles. The molecular weight excluding hydrogens is 262 g/mol. The third-order valence-corrected chi connectivity index (χ3v) is 3.35. The molecule has 0 aliphatic rings. The molecular formula is C15H22F2N2O. The number of nitrogens with one attached hydrogen (secondary N) is 2. The standard InChI is InChI=1S/C15H22F2N2O/c1-5-11(6-2)19-15(20)10(4)18-14-8-12(16)9(3)7-13(14)17/h7-8,10-11,18H,5-6H2,1-4H3,(H,19,20). The van der Waals surface area contributed by atoms with Crippen LogP contribution in [-0.2, 0) is 4.79 Å². The Kier molecular flexibility index (Phi) is 5.92. The van der Waals surface area contributed by atoms with Gasteiger partial charge < -0.3 is 10.6 Å². The lowest BCUT2D eigenvalue weighted by atomic mass is 10.1. The van der Waals surface area contributed by atoms with E-state index >= 15 is 0 Å². The second-order valence-electron chi connectivity index (χ2n) is 4.97. The van der Waals surface area contributed by atoms with E-state index in [0.717, 1.165) is 25.0 Å². The van der Waals surface area contributed by atoms with Crippen LogP contribution >= 0.6 is 0 Å². The molecule has 1 amide bonds. The van der Waals surface area contributed by atoms with Crippen LogP contribution in [0.4, 0.5) is 14.5 Å². The summed E-state index contributed by atoms with van der Waals surface area (Å²) in [6, 6.07) is 1.66. The molecule has 2 N–H and O–H groups in total. The van der Waals surface area contributed by atoms with Gasteiger partial charge in [0.2, 0.25) is 5.91 Å². The van der Waals surface area contributed by atoms with Gasteiger partial charge in [-0.2, -0.15) is 0 Å². The summed E-state index contributed by atoms with van der Waals surface area (Å²) in [5, 5.41) is 5.57. The molecule has 0 aromatic heterocycles. The predicted octanol–water partition coefficient (Wildman–Crippen LogP) is 3.38. The molecule has 0 spiro atoms. The third kappa shape index (κ3) is 4.18. The summed E-state index contributed by atoms with van der Waals surface area (Å²) in [6.07, 6.45) is 1.67. The first-order valence-corrected chi connectivity index (χ1v) is 6.91. The van der Waals surface area contributed by atoms with Crippen LogP contribution in [0.3, 0.4) is 0 Å². The molecule has 1 rings (SSSR count). The second-order valence-corrected chi connectivity index (χ2v) is 4.97. The Morgan fingerprint density at radius 3 is 2.35 bits per heavy atom. The summed E-state index contributed by atoms with van der Waals surface area (Å²) in [5.74, 6) is -1.29. The highest BCUT2D eigenvalue weighted by molar-refractivity contribution is 5.84. The molecule has 0 aliphatic carbocycles. The molecule has 0 radical (unpaired) electrons. The largest absolute Gasteiger partial charge is 0.371 e. The summed E-state index contributed by atoms with van der Waals surface area (Å²) in [5.41, 5.74) is 0.238. The smallest absolute Gasteiger partial charge is 0.242 e. The molecule has 1 atom stereocenters. The average Bonchev–Trinajstić information content (AvgIpc) is 2.41. The van der Waals surface area contributed by atoms with Crippen molar-refractivity contribution in [3.05, 3.63) is 29.3 Å². The Hall–Kier alpha value is -1.65. The number of halogens is 2. The number of hydrogen-bond acceptors (Lipinski definition) is 2.